The van der Waals surface area contributed by atoms with Gasteiger partial charge in [0.05, 0.1) is 17.5 Å². The highest BCUT2D eigenvalue weighted by atomic mass is 16.5. The van der Waals surface area contributed by atoms with E-state index in [4.69, 9.17) is 9.72 Å². The van der Waals surface area contributed by atoms with E-state index < -0.39 is 17.7 Å². The standard InChI is InChI=1S/C33H43N5O3/c1-21-27(24-8-9-25-20-38(15-10-23(25)18-24)26-19-34-13-14-35-26)29(37-16-11-33(6,7)12-17-37)28(22(2)36-21)30(31(39)40)41-32(3,4)5/h8-9,13-14,18-19,30H,10-12,15-17,20H2,1-7H3,(H,39,40). The fraction of sp³-hybridized carbons (Fsp3) is 0.515. The minimum atomic E-state index is -1.12. The highest BCUT2D eigenvalue weighted by Gasteiger charge is 2.36. The van der Waals surface area contributed by atoms with Gasteiger partial charge in [0.15, 0.2) is 6.10 Å². The predicted molar refractivity (Wildman–Crippen MR) is 162 cm³/mol. The molecule has 1 N–H and O–H groups in total. The van der Waals surface area contributed by atoms with Crippen molar-refractivity contribution >= 4 is 17.5 Å². The van der Waals surface area contributed by atoms with Crippen LogP contribution < -0.4 is 9.80 Å². The van der Waals surface area contributed by atoms with Gasteiger partial charge in [-0.3, -0.25) is 9.97 Å². The number of aliphatic carboxylic acids is 1. The molecule has 41 heavy (non-hydrogen) atoms. The lowest BCUT2D eigenvalue weighted by Gasteiger charge is -2.41. The molecule has 5 rings (SSSR count). The van der Waals surface area contributed by atoms with Crippen molar-refractivity contribution in [1.29, 1.82) is 0 Å². The Labute approximate surface area is 243 Å². The molecule has 0 amide bonds. The van der Waals surface area contributed by atoms with Crippen molar-refractivity contribution in [3.8, 4) is 11.1 Å². The van der Waals surface area contributed by atoms with Crippen molar-refractivity contribution in [2.45, 2.75) is 86.0 Å². The van der Waals surface area contributed by atoms with E-state index in [0.29, 0.717) is 11.3 Å². The fourth-order valence-corrected chi connectivity index (χ4v) is 6.11. The number of carboxylic acids is 1. The second kappa shape index (κ2) is 11.0. The molecule has 1 atom stereocenters. The molecule has 0 bridgehead atoms. The molecule has 0 spiro atoms. The van der Waals surface area contributed by atoms with Crippen LogP contribution in [0.25, 0.3) is 11.1 Å². The van der Waals surface area contributed by atoms with E-state index in [9.17, 15) is 9.90 Å². The van der Waals surface area contributed by atoms with Crippen LogP contribution in [-0.2, 0) is 22.5 Å². The number of carboxylic acid groups (broad SMARTS) is 1. The highest BCUT2D eigenvalue weighted by Crippen LogP contribution is 2.45. The van der Waals surface area contributed by atoms with Crippen LogP contribution in [0.3, 0.4) is 0 Å². The molecule has 8 nitrogen and oxygen atoms in total. The summed E-state index contributed by atoms with van der Waals surface area (Å²) in [5.74, 6) is -0.105. The van der Waals surface area contributed by atoms with E-state index in [1.807, 2.05) is 40.8 Å². The zero-order valence-electron chi connectivity index (χ0n) is 25.5. The zero-order valence-corrected chi connectivity index (χ0v) is 25.5. The Kier molecular flexibility index (Phi) is 7.81. The summed E-state index contributed by atoms with van der Waals surface area (Å²) in [4.78, 5) is 31.1. The fourth-order valence-electron chi connectivity index (χ4n) is 6.11. The van der Waals surface area contributed by atoms with Gasteiger partial charge < -0.3 is 19.6 Å². The Morgan fingerprint density at radius 1 is 1.02 bits per heavy atom. The third-order valence-corrected chi connectivity index (χ3v) is 8.35. The lowest BCUT2D eigenvalue weighted by molar-refractivity contribution is -0.160. The molecule has 0 aliphatic carbocycles. The first-order valence-electron chi connectivity index (χ1n) is 14.6. The lowest BCUT2D eigenvalue weighted by atomic mass is 9.81. The average Bonchev–Trinajstić information content (AvgIpc) is 2.91. The quantitative estimate of drug-likeness (QED) is 0.378. The maximum absolute atomic E-state index is 12.8. The molecule has 2 aromatic heterocycles. The van der Waals surface area contributed by atoms with E-state index in [0.717, 1.165) is 73.8 Å². The van der Waals surface area contributed by atoms with Crippen LogP contribution >= 0.6 is 0 Å². The number of aryl methyl sites for hydroxylation is 2. The number of anilines is 2. The number of pyridine rings is 1. The Balaban J connectivity index is 1.63. The number of fused-ring (bicyclic) bond motifs is 1. The van der Waals surface area contributed by atoms with Crippen molar-refractivity contribution in [1.82, 2.24) is 15.0 Å². The second-order valence-corrected chi connectivity index (χ2v) is 13.2. The minimum absolute atomic E-state index is 0.253. The van der Waals surface area contributed by atoms with Gasteiger partial charge in [0.2, 0.25) is 0 Å². The van der Waals surface area contributed by atoms with Crippen molar-refractivity contribution in [3.05, 3.63) is 64.9 Å². The first kappa shape index (κ1) is 29.0. The molecule has 0 saturated carbocycles. The Bertz CT molecular complexity index is 1420. The van der Waals surface area contributed by atoms with Crippen LogP contribution in [0.15, 0.2) is 36.8 Å². The van der Waals surface area contributed by atoms with Crippen LogP contribution in [0.4, 0.5) is 11.5 Å². The number of rotatable bonds is 6. The third kappa shape index (κ3) is 6.22. The SMILES string of the molecule is Cc1nc(C)c(C(OC(C)(C)C)C(=O)O)c(N2CCC(C)(C)CC2)c1-c1ccc2c(c1)CCN(c1cnccn1)C2. The van der Waals surface area contributed by atoms with Crippen molar-refractivity contribution in [2.24, 2.45) is 5.41 Å². The number of hydrogen-bond acceptors (Lipinski definition) is 7. The molecule has 8 heteroatoms. The van der Waals surface area contributed by atoms with Crippen LogP contribution in [0.1, 0.15) is 81.6 Å². The Morgan fingerprint density at radius 3 is 2.39 bits per heavy atom. The topological polar surface area (TPSA) is 91.7 Å². The van der Waals surface area contributed by atoms with Gasteiger partial charge in [-0.2, -0.15) is 0 Å². The Morgan fingerprint density at radius 2 is 1.76 bits per heavy atom. The summed E-state index contributed by atoms with van der Waals surface area (Å²) in [6.45, 7) is 17.6. The molecule has 2 aliphatic heterocycles. The molecule has 218 valence electrons. The molecule has 3 aromatic rings. The second-order valence-electron chi connectivity index (χ2n) is 13.2. The van der Waals surface area contributed by atoms with Gasteiger partial charge in [0, 0.05) is 61.1 Å². The summed E-state index contributed by atoms with van der Waals surface area (Å²) in [5, 5.41) is 10.4. The highest BCUT2D eigenvalue weighted by molar-refractivity contribution is 5.88. The maximum Gasteiger partial charge on any atom is 0.337 e. The molecule has 1 fully saturated rings. The number of ether oxygens (including phenoxy) is 1. The first-order chi connectivity index (χ1) is 19.3. The van der Waals surface area contributed by atoms with Gasteiger partial charge in [-0.1, -0.05) is 32.0 Å². The van der Waals surface area contributed by atoms with E-state index in [2.05, 4.69) is 51.8 Å². The summed E-state index contributed by atoms with van der Waals surface area (Å²) >= 11 is 0. The molecule has 2 aliphatic rings. The molecule has 0 radical (unpaired) electrons. The predicted octanol–water partition coefficient (Wildman–Crippen LogP) is 6.29. The average molecular weight is 558 g/mol. The van der Waals surface area contributed by atoms with Gasteiger partial charge >= 0.3 is 5.97 Å². The monoisotopic (exact) mass is 557 g/mol. The van der Waals surface area contributed by atoms with Gasteiger partial charge in [0.25, 0.3) is 0 Å². The zero-order chi connectivity index (χ0) is 29.5. The van der Waals surface area contributed by atoms with E-state index >= 15 is 0 Å². The van der Waals surface area contributed by atoms with E-state index in [-0.39, 0.29) is 5.41 Å². The third-order valence-electron chi connectivity index (χ3n) is 8.35. The number of aromatic nitrogens is 3. The number of benzene rings is 1. The minimum Gasteiger partial charge on any atom is -0.479 e. The maximum atomic E-state index is 12.8. The van der Waals surface area contributed by atoms with Crippen LogP contribution in [-0.4, -0.2) is 51.3 Å². The molecule has 4 heterocycles. The van der Waals surface area contributed by atoms with E-state index in [1.54, 1.807) is 12.4 Å². The van der Waals surface area contributed by atoms with Crippen molar-refractivity contribution in [2.75, 3.05) is 29.4 Å². The summed E-state index contributed by atoms with van der Waals surface area (Å²) in [5.41, 5.74) is 7.50. The van der Waals surface area contributed by atoms with Gasteiger partial charge in [-0.05, 0) is 76.0 Å². The molecule has 1 aromatic carbocycles. The lowest BCUT2D eigenvalue weighted by Crippen LogP contribution is -2.39. The first-order valence-corrected chi connectivity index (χ1v) is 14.6. The normalized spacial score (nSPS) is 17.7. The van der Waals surface area contributed by atoms with Crippen LogP contribution in [0.5, 0.6) is 0 Å². The van der Waals surface area contributed by atoms with Gasteiger partial charge in [-0.25, -0.2) is 9.78 Å². The van der Waals surface area contributed by atoms with Crippen LogP contribution in [0, 0.1) is 19.3 Å². The van der Waals surface area contributed by atoms with Gasteiger partial charge in [0.1, 0.15) is 5.82 Å². The summed E-state index contributed by atoms with van der Waals surface area (Å²) in [6, 6.07) is 6.65. The number of nitrogens with zero attached hydrogens (tertiary/aromatic N) is 5. The molecule has 1 unspecified atom stereocenters. The Hall–Kier alpha value is -3.52. The van der Waals surface area contributed by atoms with Crippen LogP contribution in [0.2, 0.25) is 0 Å². The molecule has 1 saturated heterocycles. The largest absolute Gasteiger partial charge is 0.479 e. The van der Waals surface area contributed by atoms with Crippen molar-refractivity contribution in [3.63, 3.8) is 0 Å². The van der Waals surface area contributed by atoms with Crippen molar-refractivity contribution < 1.29 is 14.6 Å². The van der Waals surface area contributed by atoms with Gasteiger partial charge in [-0.15, -0.1) is 0 Å². The number of piperidine rings is 1. The molecular formula is C33H43N5O3. The summed E-state index contributed by atoms with van der Waals surface area (Å²) in [7, 11) is 0. The number of hydrogen-bond donors (Lipinski definition) is 1. The molecular weight excluding hydrogens is 514 g/mol. The smallest absolute Gasteiger partial charge is 0.337 e. The number of carbonyl (C=O) groups is 1. The van der Waals surface area contributed by atoms with E-state index in [1.165, 1.54) is 11.1 Å². The summed E-state index contributed by atoms with van der Waals surface area (Å²) in [6.07, 6.45) is 7.08. The summed E-state index contributed by atoms with van der Waals surface area (Å²) < 4.78 is 6.23.